The molecule has 0 radical (unpaired) electrons. The van der Waals surface area contributed by atoms with Crippen LogP contribution < -0.4 is 5.32 Å². The number of urea groups is 1. The number of hydrogen-bond donors (Lipinski definition) is 1. The van der Waals surface area contributed by atoms with E-state index < -0.39 is 10.0 Å². The maximum Gasteiger partial charge on any atom is 0.322 e. The van der Waals surface area contributed by atoms with Crippen LogP contribution in [0, 0.1) is 5.92 Å². The average molecular weight is 443 g/mol. The van der Waals surface area contributed by atoms with Crippen LogP contribution in [0.25, 0.3) is 0 Å². The number of carbonyl (C=O) groups is 2. The Labute approximate surface area is 176 Å². The topological polar surface area (TPSA) is 90.0 Å². The van der Waals surface area contributed by atoms with Gasteiger partial charge in [0.1, 0.15) is 4.21 Å². The summed E-state index contributed by atoms with van der Waals surface area (Å²) in [6.07, 6.45) is 3.03. The van der Waals surface area contributed by atoms with Crippen LogP contribution in [0.3, 0.4) is 0 Å². The third kappa shape index (κ3) is 5.49. The number of hydrogen-bond acceptors (Lipinski definition) is 5. The van der Waals surface area contributed by atoms with Gasteiger partial charge >= 0.3 is 6.03 Å². The normalized spacial score (nSPS) is 18.9. The van der Waals surface area contributed by atoms with Gasteiger partial charge in [0.2, 0.25) is 5.91 Å². The fraction of sp³-hybridized carbons (Fsp3) is 0.684. The predicted octanol–water partition coefficient (Wildman–Crippen LogP) is 2.64. The van der Waals surface area contributed by atoms with E-state index in [-0.39, 0.29) is 16.1 Å². The third-order valence-electron chi connectivity index (χ3n) is 5.19. The van der Waals surface area contributed by atoms with Crippen molar-refractivity contribution in [3.63, 3.8) is 0 Å². The van der Waals surface area contributed by atoms with E-state index in [0.29, 0.717) is 56.6 Å². The highest BCUT2D eigenvalue weighted by Gasteiger charge is 2.29. The van der Waals surface area contributed by atoms with Crippen molar-refractivity contribution < 1.29 is 18.0 Å². The van der Waals surface area contributed by atoms with E-state index in [2.05, 4.69) is 5.32 Å². The van der Waals surface area contributed by atoms with Crippen LogP contribution in [0.1, 0.15) is 39.5 Å². The molecule has 10 heteroatoms. The van der Waals surface area contributed by atoms with Crippen molar-refractivity contribution in [2.24, 2.45) is 5.92 Å². The molecule has 3 rings (SSSR count). The van der Waals surface area contributed by atoms with E-state index in [0.717, 1.165) is 30.6 Å². The average Bonchev–Trinajstić information content (AvgIpc) is 3.29. The minimum absolute atomic E-state index is 0.136. The Hall–Kier alpha value is -1.65. The van der Waals surface area contributed by atoms with Gasteiger partial charge in [0.15, 0.2) is 0 Å². The van der Waals surface area contributed by atoms with E-state index in [1.807, 2.05) is 18.7 Å². The standard InChI is InChI=1S/C19H30N4O4S2/c1-15(2)14-17(24)21-8-5-9-22(13-12-21)19(25)20-16-6-7-18(28-16)29(26,27)23-10-3-4-11-23/h6-7,15H,3-5,8-14H2,1-2H3,(H,20,25). The molecule has 2 fully saturated rings. The van der Waals surface area contributed by atoms with Gasteiger partial charge in [-0.1, -0.05) is 13.8 Å². The van der Waals surface area contributed by atoms with Gasteiger partial charge in [-0.2, -0.15) is 4.31 Å². The Morgan fingerprint density at radius 1 is 1.00 bits per heavy atom. The molecule has 2 aliphatic rings. The first-order chi connectivity index (χ1) is 13.8. The van der Waals surface area contributed by atoms with Gasteiger partial charge in [-0.05, 0) is 37.3 Å². The summed E-state index contributed by atoms with van der Waals surface area (Å²) < 4.78 is 27.0. The fourth-order valence-electron chi connectivity index (χ4n) is 3.61. The summed E-state index contributed by atoms with van der Waals surface area (Å²) in [7, 11) is -3.47. The number of amides is 3. The highest BCUT2D eigenvalue weighted by Crippen LogP contribution is 2.30. The van der Waals surface area contributed by atoms with Crippen molar-refractivity contribution in [3.05, 3.63) is 12.1 Å². The number of thiophene rings is 1. The molecule has 162 valence electrons. The number of carbonyl (C=O) groups excluding carboxylic acids is 2. The van der Waals surface area contributed by atoms with Crippen LogP contribution in [0.15, 0.2) is 16.3 Å². The minimum atomic E-state index is -3.47. The van der Waals surface area contributed by atoms with Crippen molar-refractivity contribution >= 4 is 38.3 Å². The summed E-state index contributed by atoms with van der Waals surface area (Å²) in [5, 5.41) is 3.34. The molecule has 2 aliphatic heterocycles. The van der Waals surface area contributed by atoms with Crippen molar-refractivity contribution in [3.8, 4) is 0 Å². The van der Waals surface area contributed by atoms with Crippen LogP contribution in [-0.2, 0) is 14.8 Å². The second-order valence-electron chi connectivity index (χ2n) is 7.98. The second kappa shape index (κ2) is 9.44. The van der Waals surface area contributed by atoms with Crippen molar-refractivity contribution in [2.75, 3.05) is 44.6 Å². The van der Waals surface area contributed by atoms with Gasteiger partial charge in [0, 0.05) is 45.7 Å². The van der Waals surface area contributed by atoms with E-state index in [4.69, 9.17) is 0 Å². The molecule has 0 aromatic carbocycles. The van der Waals surface area contributed by atoms with Crippen LogP contribution in [0.2, 0.25) is 0 Å². The lowest BCUT2D eigenvalue weighted by Gasteiger charge is -2.22. The molecule has 0 saturated carbocycles. The summed E-state index contributed by atoms with van der Waals surface area (Å²) in [5.74, 6) is 0.451. The van der Waals surface area contributed by atoms with Gasteiger partial charge in [0.05, 0.1) is 5.00 Å². The van der Waals surface area contributed by atoms with Crippen LogP contribution >= 0.6 is 11.3 Å². The zero-order valence-electron chi connectivity index (χ0n) is 17.1. The molecule has 1 aromatic heterocycles. The summed E-state index contributed by atoms with van der Waals surface area (Å²) >= 11 is 1.08. The van der Waals surface area contributed by atoms with Crippen molar-refractivity contribution in [1.29, 1.82) is 0 Å². The fourth-order valence-corrected chi connectivity index (χ4v) is 6.48. The zero-order chi connectivity index (χ0) is 21.0. The van der Waals surface area contributed by atoms with E-state index in [1.165, 1.54) is 4.31 Å². The first-order valence-corrected chi connectivity index (χ1v) is 12.5. The van der Waals surface area contributed by atoms with Gasteiger partial charge in [-0.15, -0.1) is 11.3 Å². The molecule has 0 aliphatic carbocycles. The Balaban J connectivity index is 1.57. The summed E-state index contributed by atoms with van der Waals surface area (Å²) in [4.78, 5) is 28.5. The largest absolute Gasteiger partial charge is 0.341 e. The lowest BCUT2D eigenvalue weighted by molar-refractivity contribution is -0.131. The molecular weight excluding hydrogens is 412 g/mol. The van der Waals surface area contributed by atoms with Crippen LogP contribution in [-0.4, -0.2) is 73.7 Å². The maximum absolute atomic E-state index is 12.6. The lowest BCUT2D eigenvalue weighted by Crippen LogP contribution is -2.39. The van der Waals surface area contributed by atoms with E-state index in [1.54, 1.807) is 17.0 Å². The molecule has 0 spiro atoms. The Morgan fingerprint density at radius 3 is 2.34 bits per heavy atom. The summed E-state index contributed by atoms with van der Waals surface area (Å²) in [5.41, 5.74) is 0. The molecule has 0 unspecified atom stereocenters. The monoisotopic (exact) mass is 442 g/mol. The minimum Gasteiger partial charge on any atom is -0.341 e. The maximum atomic E-state index is 12.6. The number of nitrogens with zero attached hydrogens (tertiary/aromatic N) is 3. The SMILES string of the molecule is CC(C)CC(=O)N1CCCN(C(=O)Nc2ccc(S(=O)(=O)N3CCCC3)s2)CC1. The molecule has 2 saturated heterocycles. The quantitative estimate of drug-likeness (QED) is 0.759. The number of anilines is 1. The van der Waals surface area contributed by atoms with Gasteiger partial charge < -0.3 is 9.80 Å². The molecule has 0 bridgehead atoms. The molecular formula is C19H30N4O4S2. The van der Waals surface area contributed by atoms with Crippen molar-refractivity contribution in [1.82, 2.24) is 14.1 Å². The van der Waals surface area contributed by atoms with Gasteiger partial charge in [0.25, 0.3) is 10.0 Å². The summed E-state index contributed by atoms with van der Waals surface area (Å²) in [6.45, 7) is 7.39. The molecule has 8 nitrogen and oxygen atoms in total. The van der Waals surface area contributed by atoms with E-state index >= 15 is 0 Å². The Morgan fingerprint density at radius 2 is 1.66 bits per heavy atom. The van der Waals surface area contributed by atoms with Gasteiger partial charge in [-0.25, -0.2) is 13.2 Å². The smallest absolute Gasteiger partial charge is 0.322 e. The Kier molecular flexibility index (Phi) is 7.18. The molecule has 1 aromatic rings. The number of sulfonamides is 1. The van der Waals surface area contributed by atoms with E-state index in [9.17, 15) is 18.0 Å². The molecule has 3 amide bonds. The predicted molar refractivity (Wildman–Crippen MR) is 114 cm³/mol. The van der Waals surface area contributed by atoms with Crippen LogP contribution in [0.4, 0.5) is 9.80 Å². The van der Waals surface area contributed by atoms with Gasteiger partial charge in [-0.3, -0.25) is 10.1 Å². The molecule has 0 atom stereocenters. The molecule has 29 heavy (non-hydrogen) atoms. The highest BCUT2D eigenvalue weighted by molar-refractivity contribution is 7.91. The number of rotatable bonds is 5. The van der Waals surface area contributed by atoms with Crippen molar-refractivity contribution in [2.45, 2.75) is 43.7 Å². The Bertz CT molecular complexity index is 831. The second-order valence-corrected chi connectivity index (χ2v) is 11.2. The summed E-state index contributed by atoms with van der Waals surface area (Å²) in [6, 6.07) is 2.94. The third-order valence-corrected chi connectivity index (χ3v) is 8.56. The first-order valence-electron chi connectivity index (χ1n) is 10.2. The zero-order valence-corrected chi connectivity index (χ0v) is 18.7. The van der Waals surface area contributed by atoms with Crippen LogP contribution in [0.5, 0.6) is 0 Å². The molecule has 3 heterocycles. The highest BCUT2D eigenvalue weighted by atomic mass is 32.2. The molecule has 1 N–H and O–H groups in total. The lowest BCUT2D eigenvalue weighted by atomic mass is 10.1. The first kappa shape index (κ1) is 22.0. The number of nitrogens with one attached hydrogen (secondary N) is 1.